The molecule has 1 aromatic rings. The van der Waals surface area contributed by atoms with E-state index in [1.54, 1.807) is 6.92 Å². The molecule has 1 unspecified atom stereocenters. The van der Waals surface area contributed by atoms with Crippen molar-refractivity contribution in [2.45, 2.75) is 25.6 Å². The summed E-state index contributed by atoms with van der Waals surface area (Å²) >= 11 is 0. The van der Waals surface area contributed by atoms with Gasteiger partial charge in [-0.05, 0) is 30.7 Å². The number of nitrogens with one attached hydrogen (secondary N) is 1. The maximum Gasteiger partial charge on any atom is 0.419 e. The van der Waals surface area contributed by atoms with Gasteiger partial charge in [0, 0.05) is 0 Å². The molecule has 0 saturated carbocycles. The summed E-state index contributed by atoms with van der Waals surface area (Å²) < 4.78 is 50.7. The summed E-state index contributed by atoms with van der Waals surface area (Å²) in [5, 5.41) is 11.6. The largest absolute Gasteiger partial charge is 0.480 e. The van der Waals surface area contributed by atoms with Crippen LogP contribution < -0.4 is 5.32 Å². The van der Waals surface area contributed by atoms with Crippen molar-refractivity contribution in [1.29, 1.82) is 0 Å². The van der Waals surface area contributed by atoms with Crippen molar-refractivity contribution < 1.29 is 27.5 Å². The van der Waals surface area contributed by atoms with Gasteiger partial charge < -0.3 is 10.4 Å². The molecular formula is C12H13F4NO2. The lowest BCUT2D eigenvalue weighted by Crippen LogP contribution is -2.29. The smallest absolute Gasteiger partial charge is 0.419 e. The van der Waals surface area contributed by atoms with E-state index in [4.69, 9.17) is 5.11 Å². The Kier molecular flexibility index (Phi) is 4.88. The third-order valence-corrected chi connectivity index (χ3v) is 2.47. The van der Waals surface area contributed by atoms with Gasteiger partial charge in [0.1, 0.15) is 11.9 Å². The lowest BCUT2D eigenvalue weighted by molar-refractivity contribution is -0.141. The molecule has 0 saturated heterocycles. The van der Waals surface area contributed by atoms with Gasteiger partial charge in [0.25, 0.3) is 0 Å². The number of rotatable bonds is 5. The number of aliphatic carboxylic acids is 1. The van der Waals surface area contributed by atoms with Crippen molar-refractivity contribution in [3.05, 3.63) is 35.1 Å². The Balaban J connectivity index is 3.15. The van der Waals surface area contributed by atoms with Crippen LogP contribution in [0.25, 0.3) is 0 Å². The zero-order chi connectivity index (χ0) is 14.6. The Hall–Kier alpha value is -1.63. The van der Waals surface area contributed by atoms with E-state index in [9.17, 15) is 22.4 Å². The molecule has 0 aromatic heterocycles. The first kappa shape index (κ1) is 15.4. The van der Waals surface area contributed by atoms with E-state index in [-0.39, 0.29) is 5.56 Å². The predicted octanol–water partition coefficient (Wildman–Crippen LogP) is 2.97. The van der Waals surface area contributed by atoms with E-state index in [0.717, 1.165) is 6.07 Å². The Morgan fingerprint density at radius 3 is 2.53 bits per heavy atom. The molecule has 0 amide bonds. The molecule has 0 heterocycles. The van der Waals surface area contributed by atoms with Crippen LogP contribution in [0.1, 0.15) is 30.5 Å². The van der Waals surface area contributed by atoms with Gasteiger partial charge >= 0.3 is 12.1 Å². The zero-order valence-corrected chi connectivity index (χ0v) is 10.1. The highest BCUT2D eigenvalue weighted by molar-refractivity contribution is 5.75. The lowest BCUT2D eigenvalue weighted by atomic mass is 10.0. The van der Waals surface area contributed by atoms with E-state index in [1.807, 2.05) is 0 Å². The summed E-state index contributed by atoms with van der Waals surface area (Å²) in [7, 11) is 0. The number of carboxylic acids is 1. The lowest BCUT2D eigenvalue weighted by Gasteiger charge is -2.16. The molecule has 0 radical (unpaired) electrons. The van der Waals surface area contributed by atoms with Gasteiger partial charge in [-0.1, -0.05) is 13.0 Å². The summed E-state index contributed by atoms with van der Waals surface area (Å²) in [5.74, 6) is -2.73. The first-order chi connectivity index (χ1) is 8.77. The van der Waals surface area contributed by atoms with Crippen molar-refractivity contribution in [3.63, 3.8) is 0 Å². The molecule has 3 nitrogen and oxygen atoms in total. The third kappa shape index (κ3) is 3.92. The monoisotopic (exact) mass is 279 g/mol. The number of alkyl halides is 3. The highest BCUT2D eigenvalue weighted by Gasteiger charge is 2.35. The Morgan fingerprint density at radius 2 is 2.05 bits per heavy atom. The first-order valence-corrected chi connectivity index (χ1v) is 5.60. The molecule has 1 rings (SSSR count). The maximum atomic E-state index is 13.1. The summed E-state index contributed by atoms with van der Waals surface area (Å²) in [6, 6.07) is 0.895. The topological polar surface area (TPSA) is 49.3 Å². The van der Waals surface area contributed by atoms with Crippen molar-refractivity contribution >= 4 is 5.97 Å². The molecule has 1 aromatic carbocycles. The minimum Gasteiger partial charge on any atom is -0.480 e. The fourth-order valence-corrected chi connectivity index (χ4v) is 1.58. The highest BCUT2D eigenvalue weighted by atomic mass is 19.4. The number of hydrogen-bond donors (Lipinski definition) is 2. The first-order valence-electron chi connectivity index (χ1n) is 5.60. The van der Waals surface area contributed by atoms with Crippen LogP contribution in [0, 0.1) is 5.82 Å². The molecule has 106 valence electrons. The van der Waals surface area contributed by atoms with Crippen LogP contribution in [0.5, 0.6) is 0 Å². The molecule has 0 aliphatic rings. The zero-order valence-electron chi connectivity index (χ0n) is 10.1. The van der Waals surface area contributed by atoms with Gasteiger partial charge in [0.15, 0.2) is 0 Å². The van der Waals surface area contributed by atoms with Gasteiger partial charge in [0.05, 0.1) is 5.56 Å². The van der Waals surface area contributed by atoms with Crippen LogP contribution in [0.3, 0.4) is 0 Å². The van der Waals surface area contributed by atoms with E-state index in [2.05, 4.69) is 5.32 Å². The van der Waals surface area contributed by atoms with Crippen molar-refractivity contribution in [1.82, 2.24) is 5.32 Å². The maximum absolute atomic E-state index is 13.1. The molecule has 0 aliphatic heterocycles. The van der Waals surface area contributed by atoms with Crippen LogP contribution in [0.4, 0.5) is 17.6 Å². The molecular weight excluding hydrogens is 266 g/mol. The minimum absolute atomic E-state index is 0.130. The summed E-state index contributed by atoms with van der Waals surface area (Å²) in [5.41, 5.74) is -1.59. The average Bonchev–Trinajstić information content (AvgIpc) is 2.29. The second-order valence-electron chi connectivity index (χ2n) is 3.96. The molecule has 2 N–H and O–H groups in total. The van der Waals surface area contributed by atoms with Crippen LogP contribution in [-0.4, -0.2) is 17.6 Å². The Bertz CT molecular complexity index is 460. The van der Waals surface area contributed by atoms with Crippen molar-refractivity contribution in [3.8, 4) is 0 Å². The molecule has 0 bridgehead atoms. The highest BCUT2D eigenvalue weighted by Crippen LogP contribution is 2.33. The van der Waals surface area contributed by atoms with Gasteiger partial charge in [-0.2, -0.15) is 13.2 Å². The van der Waals surface area contributed by atoms with E-state index >= 15 is 0 Å². The standard InChI is InChI=1S/C12H13F4NO2/c1-2-5-17-10(11(18)19)7-3-4-9(13)8(6-7)12(14,15)16/h3-4,6,10,17H,2,5H2,1H3,(H,18,19). The van der Waals surface area contributed by atoms with Crippen molar-refractivity contribution in [2.75, 3.05) is 6.54 Å². The van der Waals surface area contributed by atoms with Crippen LogP contribution in [0.15, 0.2) is 18.2 Å². The number of halogens is 4. The number of carboxylic acid groups (broad SMARTS) is 1. The number of carbonyl (C=O) groups is 1. The van der Waals surface area contributed by atoms with Crippen LogP contribution in [0.2, 0.25) is 0 Å². The van der Waals surface area contributed by atoms with Crippen molar-refractivity contribution in [2.24, 2.45) is 0 Å². The normalized spacial score (nSPS) is 13.3. The summed E-state index contributed by atoms with van der Waals surface area (Å²) in [4.78, 5) is 11.0. The fraction of sp³-hybridized carbons (Fsp3) is 0.417. The van der Waals surface area contributed by atoms with Gasteiger partial charge in [-0.3, -0.25) is 4.79 Å². The quantitative estimate of drug-likeness (QED) is 0.815. The number of hydrogen-bond acceptors (Lipinski definition) is 2. The Morgan fingerprint density at radius 1 is 1.42 bits per heavy atom. The molecule has 0 spiro atoms. The Labute approximate surface area is 107 Å². The van der Waals surface area contributed by atoms with Gasteiger partial charge in [-0.25, -0.2) is 4.39 Å². The second kappa shape index (κ2) is 6.01. The van der Waals surface area contributed by atoms with Crippen LogP contribution in [-0.2, 0) is 11.0 Å². The predicted molar refractivity (Wildman–Crippen MR) is 60.1 cm³/mol. The van der Waals surface area contributed by atoms with E-state index in [0.29, 0.717) is 25.1 Å². The molecule has 7 heteroatoms. The van der Waals surface area contributed by atoms with Gasteiger partial charge in [0.2, 0.25) is 0 Å². The van der Waals surface area contributed by atoms with E-state index < -0.39 is 29.6 Å². The fourth-order valence-electron chi connectivity index (χ4n) is 1.58. The summed E-state index contributed by atoms with van der Waals surface area (Å²) in [6.45, 7) is 2.12. The molecule has 0 fully saturated rings. The average molecular weight is 279 g/mol. The minimum atomic E-state index is -4.85. The molecule has 19 heavy (non-hydrogen) atoms. The SMILES string of the molecule is CCCNC(C(=O)O)c1ccc(F)c(C(F)(F)F)c1. The third-order valence-electron chi connectivity index (χ3n) is 2.47. The molecule has 0 aliphatic carbocycles. The second-order valence-corrected chi connectivity index (χ2v) is 3.96. The van der Waals surface area contributed by atoms with Gasteiger partial charge in [-0.15, -0.1) is 0 Å². The van der Waals surface area contributed by atoms with E-state index in [1.165, 1.54) is 0 Å². The molecule has 1 atom stereocenters. The summed E-state index contributed by atoms with van der Waals surface area (Å²) in [6.07, 6.45) is -4.23. The van der Waals surface area contributed by atoms with Crippen LogP contribution >= 0.6 is 0 Å². The number of benzene rings is 1.